The van der Waals surface area contributed by atoms with Crippen molar-refractivity contribution in [3.63, 3.8) is 0 Å². The predicted octanol–water partition coefficient (Wildman–Crippen LogP) is 17.7. The molecule has 2 nitrogen and oxygen atoms in total. The quantitative estimate of drug-likeness (QED) is 0.0513. The number of aryl methyl sites for hydroxylation is 4. The molecule has 2 aromatic rings. The van der Waals surface area contributed by atoms with Gasteiger partial charge in [0.05, 0.1) is 0 Å². The Hall–Kier alpha value is -2.48. The Kier molecular flexibility index (Phi) is 24.6. The standard InChI is InChI=1S/C53H86N2/c1-7-13-19-20-21-22-23-24-25-26-27-28-31-37-51-50(36-18-12-6)52(48-40-44(32-16-10-4)38-45(41-48)33-17-11-5)55(54)53(51)49-42-46(34-29-14-8-2)39-47(43-49)35-30-15-9-3/h38-43H,7-37H2,1-6H3. The minimum atomic E-state index is 1.03. The summed E-state index contributed by atoms with van der Waals surface area (Å²) in [6.07, 6.45) is 39.0. The SMILES string of the molecule is CCCCCCCCCCCCCCCC1=C(c2cc(CCCCC)cc(CCCCC)c2)[N+](=[N-])C(c2cc(CCCC)cc(CCCC)c2)=C1CCCC. The molecule has 0 fully saturated rings. The second-order valence-electron chi connectivity index (χ2n) is 17.3. The van der Waals surface area contributed by atoms with Crippen LogP contribution in [-0.4, -0.2) is 4.70 Å². The van der Waals surface area contributed by atoms with Gasteiger partial charge in [-0.2, -0.15) is 0 Å². The van der Waals surface area contributed by atoms with Crippen molar-refractivity contribution in [1.82, 2.24) is 0 Å². The average molecular weight is 751 g/mol. The van der Waals surface area contributed by atoms with E-state index >= 15 is 0 Å². The monoisotopic (exact) mass is 751 g/mol. The molecule has 0 bridgehead atoms. The normalized spacial score (nSPS) is 13.2. The molecular formula is C53H86N2. The highest BCUT2D eigenvalue weighted by atomic mass is 15.2. The first-order valence-electron chi connectivity index (χ1n) is 24.2. The fourth-order valence-corrected chi connectivity index (χ4v) is 8.75. The molecule has 308 valence electrons. The summed E-state index contributed by atoms with van der Waals surface area (Å²) in [7, 11) is 0. The Morgan fingerprint density at radius 1 is 0.309 bits per heavy atom. The van der Waals surface area contributed by atoms with Crippen LogP contribution in [0.1, 0.15) is 248 Å². The third-order valence-electron chi connectivity index (χ3n) is 12.1. The number of nitrogens with zero attached hydrogens (tertiary/aromatic N) is 2. The zero-order chi connectivity index (χ0) is 39.5. The summed E-state index contributed by atoms with van der Waals surface area (Å²) in [5.41, 5.74) is 25.9. The van der Waals surface area contributed by atoms with Crippen LogP contribution in [0.4, 0.5) is 0 Å². The number of benzene rings is 2. The lowest BCUT2D eigenvalue weighted by molar-refractivity contribution is -0.345. The van der Waals surface area contributed by atoms with E-state index in [0.717, 1.165) is 62.8 Å². The van der Waals surface area contributed by atoms with Crippen molar-refractivity contribution in [2.75, 3.05) is 0 Å². The van der Waals surface area contributed by atoms with Crippen molar-refractivity contribution in [3.8, 4) is 0 Å². The highest BCUT2D eigenvalue weighted by Crippen LogP contribution is 2.45. The first-order chi connectivity index (χ1) is 27.0. The van der Waals surface area contributed by atoms with Crippen LogP contribution in [0.3, 0.4) is 0 Å². The largest absolute Gasteiger partial charge is 0.493 e. The van der Waals surface area contributed by atoms with E-state index in [1.807, 2.05) is 0 Å². The molecule has 2 heteroatoms. The van der Waals surface area contributed by atoms with Gasteiger partial charge in [0, 0.05) is 22.3 Å². The van der Waals surface area contributed by atoms with E-state index < -0.39 is 0 Å². The zero-order valence-electron chi connectivity index (χ0n) is 37.3. The second kappa shape index (κ2) is 28.8. The lowest BCUT2D eigenvalue weighted by Crippen LogP contribution is -2.05. The van der Waals surface area contributed by atoms with E-state index in [0.29, 0.717) is 0 Å². The lowest BCUT2D eigenvalue weighted by atomic mass is 9.89. The van der Waals surface area contributed by atoms with Crippen LogP contribution in [-0.2, 0) is 25.7 Å². The highest BCUT2D eigenvalue weighted by Gasteiger charge is 2.35. The molecule has 0 aliphatic carbocycles. The highest BCUT2D eigenvalue weighted by molar-refractivity contribution is 5.82. The molecule has 0 saturated heterocycles. The number of hydrogen-bond donors (Lipinski definition) is 0. The third-order valence-corrected chi connectivity index (χ3v) is 12.1. The van der Waals surface area contributed by atoms with Crippen LogP contribution >= 0.6 is 0 Å². The van der Waals surface area contributed by atoms with E-state index in [2.05, 4.69) is 77.9 Å². The van der Waals surface area contributed by atoms with Crippen LogP contribution in [0.15, 0.2) is 47.5 Å². The lowest BCUT2D eigenvalue weighted by Gasteiger charge is -2.15. The van der Waals surface area contributed by atoms with Gasteiger partial charge in [-0.05, 0) is 124 Å². The molecule has 0 aromatic heterocycles. The molecule has 0 atom stereocenters. The second-order valence-corrected chi connectivity index (χ2v) is 17.3. The van der Waals surface area contributed by atoms with Crippen molar-refractivity contribution in [3.05, 3.63) is 86.5 Å². The molecule has 1 aliphatic heterocycles. The van der Waals surface area contributed by atoms with Crippen molar-refractivity contribution in [1.29, 1.82) is 0 Å². The van der Waals surface area contributed by atoms with Crippen molar-refractivity contribution < 1.29 is 4.70 Å². The van der Waals surface area contributed by atoms with Gasteiger partial charge in [-0.15, -0.1) is 0 Å². The molecule has 1 aliphatic rings. The van der Waals surface area contributed by atoms with Gasteiger partial charge in [0.1, 0.15) is 0 Å². The Morgan fingerprint density at radius 2 is 0.564 bits per heavy atom. The molecule has 1 heterocycles. The van der Waals surface area contributed by atoms with Crippen LogP contribution < -0.4 is 0 Å². The summed E-state index contributed by atoms with van der Waals surface area (Å²) in [6.45, 7) is 13.8. The molecule has 3 rings (SSSR count). The topological polar surface area (TPSA) is 25.3 Å². The number of unbranched alkanes of at least 4 members (excludes halogenated alkanes) is 19. The van der Waals surface area contributed by atoms with Gasteiger partial charge < -0.3 is 5.53 Å². The molecule has 2 aromatic carbocycles. The van der Waals surface area contributed by atoms with Gasteiger partial charge in [-0.25, -0.2) is 4.70 Å². The average Bonchev–Trinajstić information content (AvgIpc) is 3.47. The molecule has 55 heavy (non-hydrogen) atoms. The Labute approximate surface area is 342 Å². The van der Waals surface area contributed by atoms with Gasteiger partial charge in [-0.1, -0.05) is 176 Å². The molecule has 0 radical (unpaired) electrons. The maximum absolute atomic E-state index is 12.7. The predicted molar refractivity (Wildman–Crippen MR) is 244 cm³/mol. The van der Waals surface area contributed by atoms with E-state index in [1.165, 1.54) is 192 Å². The molecular weight excluding hydrogens is 665 g/mol. The van der Waals surface area contributed by atoms with Crippen molar-refractivity contribution >= 4 is 11.4 Å². The summed E-state index contributed by atoms with van der Waals surface area (Å²) >= 11 is 0. The number of rotatable bonds is 33. The van der Waals surface area contributed by atoms with Crippen molar-refractivity contribution in [2.45, 2.75) is 241 Å². The van der Waals surface area contributed by atoms with Crippen LogP contribution in [0.25, 0.3) is 16.9 Å². The van der Waals surface area contributed by atoms with Gasteiger partial charge in [0.15, 0.2) is 0 Å². The Morgan fingerprint density at radius 3 is 0.927 bits per heavy atom. The van der Waals surface area contributed by atoms with E-state index in [1.54, 1.807) is 4.70 Å². The molecule has 0 saturated carbocycles. The van der Waals surface area contributed by atoms with Crippen LogP contribution in [0.5, 0.6) is 0 Å². The van der Waals surface area contributed by atoms with E-state index in [4.69, 9.17) is 0 Å². The first-order valence-corrected chi connectivity index (χ1v) is 24.2. The van der Waals surface area contributed by atoms with E-state index in [9.17, 15) is 5.53 Å². The summed E-state index contributed by atoms with van der Waals surface area (Å²) in [4.78, 5) is 0. The molecule has 0 N–H and O–H groups in total. The smallest absolute Gasteiger partial charge is 0.211 e. The molecule has 0 amide bonds. The van der Waals surface area contributed by atoms with Gasteiger partial charge in [0.25, 0.3) is 0 Å². The van der Waals surface area contributed by atoms with Gasteiger partial charge >= 0.3 is 0 Å². The van der Waals surface area contributed by atoms with Gasteiger partial charge in [0.2, 0.25) is 11.4 Å². The summed E-state index contributed by atoms with van der Waals surface area (Å²) in [5.74, 6) is 0. The number of hydrogen-bond acceptors (Lipinski definition) is 0. The fourth-order valence-electron chi connectivity index (χ4n) is 8.75. The van der Waals surface area contributed by atoms with Crippen LogP contribution in [0.2, 0.25) is 0 Å². The maximum Gasteiger partial charge on any atom is 0.211 e. The number of allylic oxidation sites excluding steroid dienone is 2. The minimum absolute atomic E-state index is 1.03. The Balaban J connectivity index is 1.97. The fraction of sp³-hybridized carbons (Fsp3) is 0.698. The zero-order valence-corrected chi connectivity index (χ0v) is 37.3. The summed E-state index contributed by atoms with van der Waals surface area (Å²) in [5, 5.41) is 0. The third kappa shape index (κ3) is 16.9. The van der Waals surface area contributed by atoms with Crippen LogP contribution in [0, 0.1) is 0 Å². The first kappa shape index (κ1) is 46.9. The van der Waals surface area contributed by atoms with E-state index in [-0.39, 0.29) is 0 Å². The summed E-state index contributed by atoms with van der Waals surface area (Å²) in [6, 6.07) is 14.7. The summed E-state index contributed by atoms with van der Waals surface area (Å²) < 4.78 is 1.69. The molecule has 0 spiro atoms. The maximum atomic E-state index is 12.7. The molecule has 0 unspecified atom stereocenters. The minimum Gasteiger partial charge on any atom is -0.493 e. The van der Waals surface area contributed by atoms with Gasteiger partial charge in [-0.3, -0.25) is 0 Å². The van der Waals surface area contributed by atoms with Crippen molar-refractivity contribution in [2.24, 2.45) is 0 Å². The Bertz CT molecular complexity index is 1370.